The zero-order valence-electron chi connectivity index (χ0n) is 14.2. The van der Waals surface area contributed by atoms with Crippen LogP contribution in [0.1, 0.15) is 36.1 Å². The zero-order chi connectivity index (χ0) is 16.7. The molecule has 1 unspecified atom stereocenters. The highest BCUT2D eigenvalue weighted by Gasteiger charge is 2.15. The van der Waals surface area contributed by atoms with Crippen LogP contribution in [0.15, 0.2) is 6.07 Å². The molecule has 1 fully saturated rings. The molecular formula is C17H26N2O4. The van der Waals surface area contributed by atoms with Crippen LogP contribution >= 0.6 is 0 Å². The van der Waals surface area contributed by atoms with Gasteiger partial charge in [0, 0.05) is 24.4 Å². The minimum absolute atomic E-state index is 0.0422. The third-order valence-electron chi connectivity index (χ3n) is 3.90. The summed E-state index contributed by atoms with van der Waals surface area (Å²) in [6, 6.07) is 1.97. The van der Waals surface area contributed by atoms with Crippen LogP contribution in [-0.4, -0.2) is 43.9 Å². The second-order valence-corrected chi connectivity index (χ2v) is 5.85. The molecular weight excluding hydrogens is 296 g/mol. The van der Waals surface area contributed by atoms with Crippen molar-refractivity contribution in [2.45, 2.75) is 45.8 Å². The fraction of sp³-hybridized carbons (Fsp3) is 0.647. The van der Waals surface area contributed by atoms with Gasteiger partial charge >= 0.3 is 0 Å². The number of nitrogens with one attached hydrogen (secondary N) is 1. The lowest BCUT2D eigenvalue weighted by Gasteiger charge is -2.22. The number of ether oxygens (including phenoxy) is 3. The topological polar surface area (TPSA) is 69.7 Å². The van der Waals surface area contributed by atoms with Crippen LogP contribution in [0, 0.1) is 13.8 Å². The van der Waals surface area contributed by atoms with Crippen molar-refractivity contribution < 1.29 is 19.0 Å². The lowest BCUT2D eigenvalue weighted by Crippen LogP contribution is -2.31. The standard InChI is InChI=1S/C17H26N2O4/c1-12-8-13(2)19-17(21-3)15(12)9-18-16(20)11-22-10-14-6-4-5-7-23-14/h8,14H,4-7,9-11H2,1-3H3,(H,18,20). The van der Waals surface area contributed by atoms with Gasteiger partial charge in [-0.15, -0.1) is 0 Å². The molecule has 6 nitrogen and oxygen atoms in total. The average molecular weight is 322 g/mol. The monoisotopic (exact) mass is 322 g/mol. The minimum atomic E-state index is -0.150. The van der Waals surface area contributed by atoms with Gasteiger partial charge in [-0.1, -0.05) is 0 Å². The Hall–Kier alpha value is -1.66. The fourth-order valence-electron chi connectivity index (χ4n) is 2.67. The van der Waals surface area contributed by atoms with E-state index in [0.717, 1.165) is 36.3 Å². The number of carbonyl (C=O) groups is 1. The summed E-state index contributed by atoms with van der Waals surface area (Å²) in [5.74, 6) is 0.405. The summed E-state index contributed by atoms with van der Waals surface area (Å²) in [6.07, 6.45) is 3.41. The first-order valence-electron chi connectivity index (χ1n) is 8.07. The van der Waals surface area contributed by atoms with E-state index in [-0.39, 0.29) is 18.6 Å². The van der Waals surface area contributed by atoms with Gasteiger partial charge in [-0.05, 0) is 44.7 Å². The molecule has 1 aliphatic rings. The number of hydrogen-bond acceptors (Lipinski definition) is 5. The smallest absolute Gasteiger partial charge is 0.246 e. The van der Waals surface area contributed by atoms with Crippen molar-refractivity contribution in [1.82, 2.24) is 10.3 Å². The number of aromatic nitrogens is 1. The Bertz CT molecular complexity index is 528. The normalized spacial score (nSPS) is 17.8. The second kappa shape index (κ2) is 8.84. The van der Waals surface area contributed by atoms with Crippen molar-refractivity contribution in [3.05, 3.63) is 22.9 Å². The molecule has 0 aromatic carbocycles. The first-order valence-corrected chi connectivity index (χ1v) is 8.07. The van der Waals surface area contributed by atoms with E-state index in [0.29, 0.717) is 19.0 Å². The van der Waals surface area contributed by atoms with Crippen molar-refractivity contribution >= 4 is 5.91 Å². The molecule has 0 saturated carbocycles. The summed E-state index contributed by atoms with van der Waals surface area (Å²) in [6.45, 7) is 5.58. The number of nitrogens with zero attached hydrogens (tertiary/aromatic N) is 1. The van der Waals surface area contributed by atoms with E-state index in [4.69, 9.17) is 14.2 Å². The third-order valence-corrected chi connectivity index (χ3v) is 3.90. The molecule has 1 aromatic heterocycles. The minimum Gasteiger partial charge on any atom is -0.481 e. The molecule has 1 aromatic rings. The average Bonchev–Trinajstić information content (AvgIpc) is 2.54. The molecule has 1 aliphatic heterocycles. The summed E-state index contributed by atoms with van der Waals surface area (Å²) >= 11 is 0. The summed E-state index contributed by atoms with van der Waals surface area (Å²) in [7, 11) is 1.58. The third kappa shape index (κ3) is 5.48. The number of pyridine rings is 1. The van der Waals surface area contributed by atoms with Crippen LogP contribution in [0.25, 0.3) is 0 Å². The van der Waals surface area contributed by atoms with E-state index in [2.05, 4.69) is 10.3 Å². The van der Waals surface area contributed by atoms with Crippen molar-refractivity contribution in [2.24, 2.45) is 0 Å². The van der Waals surface area contributed by atoms with Crippen LogP contribution in [0.5, 0.6) is 5.88 Å². The van der Waals surface area contributed by atoms with Gasteiger partial charge < -0.3 is 19.5 Å². The van der Waals surface area contributed by atoms with Crippen molar-refractivity contribution in [3.8, 4) is 5.88 Å². The number of methoxy groups -OCH3 is 1. The highest BCUT2D eigenvalue weighted by Crippen LogP contribution is 2.20. The molecule has 0 spiro atoms. The van der Waals surface area contributed by atoms with E-state index in [9.17, 15) is 4.79 Å². The van der Waals surface area contributed by atoms with Gasteiger partial charge in [0.25, 0.3) is 0 Å². The van der Waals surface area contributed by atoms with E-state index < -0.39 is 0 Å². The number of carbonyl (C=O) groups excluding carboxylic acids is 1. The van der Waals surface area contributed by atoms with E-state index >= 15 is 0 Å². The van der Waals surface area contributed by atoms with Crippen LogP contribution < -0.4 is 10.1 Å². The van der Waals surface area contributed by atoms with Crippen molar-refractivity contribution in [1.29, 1.82) is 0 Å². The molecule has 0 aliphatic carbocycles. The highest BCUT2D eigenvalue weighted by molar-refractivity contribution is 5.77. The van der Waals surface area contributed by atoms with Gasteiger partial charge in [0.1, 0.15) is 6.61 Å². The van der Waals surface area contributed by atoms with Gasteiger partial charge in [0.2, 0.25) is 11.8 Å². The zero-order valence-corrected chi connectivity index (χ0v) is 14.2. The lowest BCUT2D eigenvalue weighted by molar-refractivity contribution is -0.128. The lowest BCUT2D eigenvalue weighted by atomic mass is 10.1. The van der Waals surface area contributed by atoms with Gasteiger partial charge in [0.15, 0.2) is 0 Å². The van der Waals surface area contributed by atoms with Crippen molar-refractivity contribution in [3.63, 3.8) is 0 Å². The van der Waals surface area contributed by atoms with E-state index in [1.807, 2.05) is 19.9 Å². The Morgan fingerprint density at radius 3 is 2.96 bits per heavy atom. The van der Waals surface area contributed by atoms with Gasteiger partial charge in [-0.3, -0.25) is 4.79 Å². The van der Waals surface area contributed by atoms with Gasteiger partial charge in [-0.25, -0.2) is 4.98 Å². The van der Waals surface area contributed by atoms with Crippen molar-refractivity contribution in [2.75, 3.05) is 26.9 Å². The van der Waals surface area contributed by atoms with Gasteiger partial charge in [0.05, 0.1) is 19.8 Å². The maximum absolute atomic E-state index is 11.9. The molecule has 6 heteroatoms. The predicted molar refractivity (Wildman–Crippen MR) is 86.5 cm³/mol. The number of hydrogen-bond donors (Lipinski definition) is 1. The Morgan fingerprint density at radius 1 is 1.43 bits per heavy atom. The van der Waals surface area contributed by atoms with Crippen LogP contribution in [0.4, 0.5) is 0 Å². The Morgan fingerprint density at radius 2 is 2.26 bits per heavy atom. The van der Waals surface area contributed by atoms with E-state index in [1.165, 1.54) is 6.42 Å². The Labute approximate surface area is 137 Å². The molecule has 2 heterocycles. The molecule has 128 valence electrons. The number of amides is 1. The second-order valence-electron chi connectivity index (χ2n) is 5.85. The molecule has 23 heavy (non-hydrogen) atoms. The van der Waals surface area contributed by atoms with Crippen LogP contribution in [-0.2, 0) is 20.8 Å². The molecule has 0 radical (unpaired) electrons. The highest BCUT2D eigenvalue weighted by atomic mass is 16.5. The first kappa shape index (κ1) is 17.7. The fourth-order valence-corrected chi connectivity index (χ4v) is 2.67. The predicted octanol–water partition coefficient (Wildman–Crippen LogP) is 1.91. The Kier molecular flexibility index (Phi) is 6.80. The molecule has 1 atom stereocenters. The van der Waals surface area contributed by atoms with Crippen LogP contribution in [0.2, 0.25) is 0 Å². The quantitative estimate of drug-likeness (QED) is 0.830. The maximum atomic E-state index is 11.9. The number of rotatable bonds is 7. The van der Waals surface area contributed by atoms with Crippen LogP contribution in [0.3, 0.4) is 0 Å². The summed E-state index contributed by atoms with van der Waals surface area (Å²) in [5.41, 5.74) is 2.83. The van der Waals surface area contributed by atoms with Gasteiger partial charge in [-0.2, -0.15) is 0 Å². The summed E-state index contributed by atoms with van der Waals surface area (Å²) in [5, 5.41) is 2.85. The molecule has 1 amide bonds. The number of aryl methyl sites for hydroxylation is 2. The Balaban J connectivity index is 1.76. The largest absolute Gasteiger partial charge is 0.481 e. The summed E-state index contributed by atoms with van der Waals surface area (Å²) in [4.78, 5) is 16.2. The molecule has 0 bridgehead atoms. The molecule has 2 rings (SSSR count). The first-order chi connectivity index (χ1) is 11.1. The van der Waals surface area contributed by atoms with E-state index in [1.54, 1.807) is 7.11 Å². The maximum Gasteiger partial charge on any atom is 0.246 e. The summed E-state index contributed by atoms with van der Waals surface area (Å²) < 4.78 is 16.3. The molecule has 1 N–H and O–H groups in total. The molecule has 1 saturated heterocycles. The SMILES string of the molecule is COc1nc(C)cc(C)c1CNC(=O)COCC1CCCCO1.